The van der Waals surface area contributed by atoms with Crippen LogP contribution in [-0.4, -0.2) is 63.6 Å². The number of hydrogen-bond donors (Lipinski definition) is 5. The van der Waals surface area contributed by atoms with Gasteiger partial charge < -0.3 is 29.9 Å². The van der Waals surface area contributed by atoms with E-state index in [9.17, 15) is 24.3 Å². The molecule has 1 saturated heterocycles. The first-order chi connectivity index (χ1) is 24.7. The summed E-state index contributed by atoms with van der Waals surface area (Å²) in [5.41, 5.74) is 10.3. The van der Waals surface area contributed by atoms with E-state index in [1.165, 1.54) is 17.2 Å². The number of nitrogens with zero attached hydrogens (tertiary/aromatic N) is 1. The molecular weight excluding hydrogens is 677 g/mol. The van der Waals surface area contributed by atoms with Crippen LogP contribution >= 0.6 is 7.82 Å². The van der Waals surface area contributed by atoms with Crippen molar-refractivity contribution in [1.82, 2.24) is 5.32 Å². The first kappa shape index (κ1) is 37.7. The second kappa shape index (κ2) is 15.1. The van der Waals surface area contributed by atoms with Crippen LogP contribution in [0.2, 0.25) is 0 Å². The van der Waals surface area contributed by atoms with Gasteiger partial charge in [-0.15, -0.1) is 0 Å². The first-order valence-electron chi connectivity index (χ1n) is 18.0. The number of aliphatic hydroxyl groups is 1. The summed E-state index contributed by atoms with van der Waals surface area (Å²) in [6.45, 7) is 9.30. The van der Waals surface area contributed by atoms with E-state index in [4.69, 9.17) is 15.0 Å². The van der Waals surface area contributed by atoms with Crippen LogP contribution in [0.3, 0.4) is 0 Å². The Labute approximate surface area is 306 Å². The molecule has 4 aromatic carbocycles. The van der Waals surface area contributed by atoms with Crippen molar-refractivity contribution < 1.29 is 38.0 Å². The molecule has 3 atom stereocenters. The molecule has 10 nitrogen and oxygen atoms in total. The van der Waals surface area contributed by atoms with Crippen molar-refractivity contribution in [1.29, 1.82) is 0 Å². The van der Waals surface area contributed by atoms with Crippen molar-refractivity contribution in [2.24, 2.45) is 11.7 Å². The van der Waals surface area contributed by atoms with Gasteiger partial charge in [0.2, 0.25) is 5.91 Å². The number of aliphatic hydroxyl groups excluding tert-OH is 1. The molecule has 6 rings (SSSR count). The number of likely N-dealkylation sites (tertiary alicyclic amines) is 1. The molecule has 1 fully saturated rings. The zero-order chi connectivity index (χ0) is 37.1. The number of rotatable bonds is 14. The van der Waals surface area contributed by atoms with Gasteiger partial charge in [0.15, 0.2) is 0 Å². The van der Waals surface area contributed by atoms with Gasteiger partial charge in [-0.1, -0.05) is 78.9 Å². The van der Waals surface area contributed by atoms with Gasteiger partial charge in [-0.25, -0.2) is 4.57 Å². The fourth-order valence-corrected chi connectivity index (χ4v) is 8.61. The molecule has 0 saturated carbocycles. The Morgan fingerprint density at radius 1 is 1.00 bits per heavy atom. The predicted molar refractivity (Wildman–Crippen MR) is 201 cm³/mol. The van der Waals surface area contributed by atoms with E-state index in [0.717, 1.165) is 29.7 Å². The van der Waals surface area contributed by atoms with E-state index in [1.807, 2.05) is 87.5 Å². The van der Waals surface area contributed by atoms with Crippen LogP contribution in [0.1, 0.15) is 66.7 Å². The average Bonchev–Trinajstić information content (AvgIpc) is 3.75. The van der Waals surface area contributed by atoms with E-state index in [2.05, 4.69) is 17.4 Å². The molecule has 0 aromatic heterocycles. The van der Waals surface area contributed by atoms with E-state index in [1.54, 1.807) is 12.1 Å². The van der Waals surface area contributed by atoms with Gasteiger partial charge in [-0.05, 0) is 66.8 Å². The van der Waals surface area contributed by atoms with Crippen LogP contribution in [0.5, 0.6) is 11.5 Å². The maximum atomic E-state index is 14.0. The van der Waals surface area contributed by atoms with Crippen LogP contribution in [-0.2, 0) is 34.2 Å². The Morgan fingerprint density at radius 3 is 2.29 bits per heavy atom. The van der Waals surface area contributed by atoms with Gasteiger partial charge in [-0.3, -0.25) is 14.6 Å². The molecule has 0 radical (unpaired) electrons. The lowest BCUT2D eigenvalue weighted by Crippen LogP contribution is -2.52. The number of carbonyl (C=O) groups excluding carboxylic acids is 1. The highest BCUT2D eigenvalue weighted by Crippen LogP contribution is 2.47. The van der Waals surface area contributed by atoms with Crippen LogP contribution in [0.15, 0.2) is 97.1 Å². The Morgan fingerprint density at radius 2 is 1.67 bits per heavy atom. The fraction of sp³-hybridized carbons (Fsp3) is 0.390. The van der Waals surface area contributed by atoms with E-state index >= 15 is 0 Å². The lowest BCUT2D eigenvalue weighted by molar-refractivity contribution is -0.931. The third kappa shape index (κ3) is 8.44. The molecule has 3 unspecified atom stereocenters. The number of amides is 1. The molecule has 2 aliphatic heterocycles. The maximum absolute atomic E-state index is 14.0. The summed E-state index contributed by atoms with van der Waals surface area (Å²) in [6, 6.07) is 30.8. The number of phosphoric ester groups is 1. The fourth-order valence-electron chi connectivity index (χ4n) is 8.18. The smallest absolute Gasteiger partial charge is 0.493 e. The predicted octanol–water partition coefficient (Wildman–Crippen LogP) is 5.57. The third-order valence-electron chi connectivity index (χ3n) is 10.7. The van der Waals surface area contributed by atoms with Gasteiger partial charge in [0, 0.05) is 42.8 Å². The lowest BCUT2D eigenvalue weighted by Gasteiger charge is -2.40. The number of nitrogens with two attached hydrogens (primary N) is 1. The van der Waals surface area contributed by atoms with Crippen LogP contribution in [0.4, 0.5) is 0 Å². The normalized spacial score (nSPS) is 19.5. The van der Waals surface area contributed by atoms with Gasteiger partial charge in [0.25, 0.3) is 0 Å². The number of benzene rings is 4. The molecule has 0 bridgehead atoms. The molecule has 2 heterocycles. The quantitative estimate of drug-likeness (QED) is 0.0836. The first-order valence-corrected chi connectivity index (χ1v) is 19.5. The highest BCUT2D eigenvalue weighted by Gasteiger charge is 2.54. The average molecular weight is 729 g/mol. The van der Waals surface area contributed by atoms with Crippen molar-refractivity contribution in [3.05, 3.63) is 130 Å². The Bertz CT molecular complexity index is 1870. The second-order valence-electron chi connectivity index (χ2n) is 15.4. The zero-order valence-corrected chi connectivity index (χ0v) is 31.1. The zero-order valence-electron chi connectivity index (χ0n) is 30.2. The number of phosphoric acid groups is 1. The van der Waals surface area contributed by atoms with Gasteiger partial charge in [0.1, 0.15) is 23.5 Å². The largest absolute Gasteiger partial charge is 0.524 e. The summed E-state index contributed by atoms with van der Waals surface area (Å²) in [7, 11) is -4.91. The van der Waals surface area contributed by atoms with Gasteiger partial charge >= 0.3 is 7.82 Å². The van der Waals surface area contributed by atoms with E-state index < -0.39 is 25.2 Å². The Balaban J connectivity index is 1.42. The number of quaternary nitrogens is 1. The minimum atomic E-state index is -4.91. The SMILES string of the molecule is CC(C)(C)NCC(O)c1ccc(OP(=O)(O)O)c(C[N+]2(CCc3ccc4c(c3)CCO4)CCC(C(C(N)=O)(c3ccccc3)c3ccccc3)C2)c1. The monoisotopic (exact) mass is 728 g/mol. The van der Waals surface area contributed by atoms with Gasteiger partial charge in [0.05, 0.1) is 32.3 Å². The highest BCUT2D eigenvalue weighted by molar-refractivity contribution is 7.46. The number of β-amino-alcohol motifs (C(OH)–C–C–N with tert-alkyl or cyclic N) is 1. The van der Waals surface area contributed by atoms with E-state index in [0.29, 0.717) is 61.4 Å². The maximum Gasteiger partial charge on any atom is 0.524 e. The molecule has 0 aliphatic carbocycles. The van der Waals surface area contributed by atoms with E-state index in [-0.39, 0.29) is 17.2 Å². The molecule has 0 spiro atoms. The number of hydrogen-bond acceptors (Lipinski definition) is 6. The molecule has 276 valence electrons. The summed E-state index contributed by atoms with van der Waals surface area (Å²) in [6.07, 6.45) is 1.40. The number of primary amides is 1. The third-order valence-corrected chi connectivity index (χ3v) is 11.1. The Kier molecular flexibility index (Phi) is 11.0. The number of fused-ring (bicyclic) bond motifs is 1. The van der Waals surface area contributed by atoms with Crippen LogP contribution in [0, 0.1) is 5.92 Å². The molecule has 4 aromatic rings. The topological polar surface area (TPSA) is 151 Å². The van der Waals surface area contributed by atoms with Crippen LogP contribution < -0.4 is 20.3 Å². The molecule has 52 heavy (non-hydrogen) atoms. The van der Waals surface area contributed by atoms with Crippen molar-refractivity contribution in [3.63, 3.8) is 0 Å². The Hall–Kier alpha value is -4.02. The molecule has 6 N–H and O–H groups in total. The molecule has 2 aliphatic rings. The summed E-state index contributed by atoms with van der Waals surface area (Å²) < 4.78 is 23.8. The lowest BCUT2D eigenvalue weighted by atomic mass is 9.64. The molecular formula is C41H51N3O7P+. The number of carbonyl (C=O) groups is 1. The van der Waals surface area contributed by atoms with Crippen LogP contribution in [0.25, 0.3) is 0 Å². The van der Waals surface area contributed by atoms with Crippen molar-refractivity contribution in [2.45, 2.75) is 63.6 Å². The second-order valence-corrected chi connectivity index (χ2v) is 16.6. The minimum absolute atomic E-state index is 0.0657. The number of nitrogens with one attached hydrogen (secondary N) is 1. The van der Waals surface area contributed by atoms with Crippen molar-refractivity contribution in [2.75, 3.05) is 32.8 Å². The summed E-state index contributed by atoms with van der Waals surface area (Å²) >= 11 is 0. The highest BCUT2D eigenvalue weighted by atomic mass is 31.2. The number of ether oxygens (including phenoxy) is 1. The van der Waals surface area contributed by atoms with Crippen molar-refractivity contribution >= 4 is 13.7 Å². The summed E-state index contributed by atoms with van der Waals surface area (Å²) in [5, 5.41) is 14.6. The summed E-state index contributed by atoms with van der Waals surface area (Å²) in [5.74, 6) is 0.368. The van der Waals surface area contributed by atoms with Gasteiger partial charge in [-0.2, -0.15) is 0 Å². The minimum Gasteiger partial charge on any atom is -0.493 e. The molecule has 11 heteroatoms. The summed E-state index contributed by atoms with van der Waals surface area (Å²) in [4.78, 5) is 33.8. The van der Waals surface area contributed by atoms with Crippen molar-refractivity contribution in [3.8, 4) is 11.5 Å². The standard InChI is InChI=1S/C41H50N3O7P/c1-40(2,3)43-26-36(45)30-15-17-38(51-52(47,48)49)32(25-30)27-44(21-18-29-14-16-37-31(24-29)20-23-50-37)22-19-35(28-44)41(39(42)46,33-10-6-4-7-11-33)34-12-8-5-9-13-34/h4-17,24-25,35-36,43,45H,18-23,26-28H2,1-3H3,(H3-,42,46,47,48,49)/p+1. The molecule has 1 amide bonds.